The molecule has 0 aliphatic carbocycles. The second-order valence-electron chi connectivity index (χ2n) is 7.23. The van der Waals surface area contributed by atoms with Gasteiger partial charge in [-0.15, -0.1) is 12.4 Å². The highest BCUT2D eigenvalue weighted by molar-refractivity contribution is 5.85. The van der Waals surface area contributed by atoms with Crippen LogP contribution in [0.3, 0.4) is 0 Å². The zero-order valence-corrected chi connectivity index (χ0v) is 19.3. The lowest BCUT2D eigenvalue weighted by Crippen LogP contribution is -2.17. The molecule has 0 atom stereocenters. The number of hydrogen-bond donors (Lipinski definition) is 1. The molecule has 0 aliphatic rings. The van der Waals surface area contributed by atoms with Crippen LogP contribution in [-0.2, 0) is 19.6 Å². The van der Waals surface area contributed by atoms with Crippen molar-refractivity contribution in [1.29, 1.82) is 0 Å². The zero-order chi connectivity index (χ0) is 21.2. The largest absolute Gasteiger partial charge is 0.497 e. The predicted octanol–water partition coefficient (Wildman–Crippen LogP) is 5.74. The number of halogens is 1. The number of aryl methyl sites for hydroxylation is 1. The summed E-state index contributed by atoms with van der Waals surface area (Å²) in [4.78, 5) is 0. The van der Waals surface area contributed by atoms with Crippen molar-refractivity contribution in [2.75, 3.05) is 20.3 Å². The van der Waals surface area contributed by atoms with Crippen molar-refractivity contribution in [3.63, 3.8) is 0 Å². The lowest BCUT2D eigenvalue weighted by Gasteiger charge is -2.17. The second-order valence-corrected chi connectivity index (χ2v) is 7.23. The molecular weight excluding hydrogens is 410 g/mol. The smallest absolute Gasteiger partial charge is 0.166 e. The summed E-state index contributed by atoms with van der Waals surface area (Å²) in [5.41, 5.74) is 4.77. The summed E-state index contributed by atoms with van der Waals surface area (Å²) < 4.78 is 17.2. The van der Waals surface area contributed by atoms with E-state index in [2.05, 4.69) is 54.7 Å². The first-order valence-corrected chi connectivity index (χ1v) is 10.5. The molecule has 1 N–H and O–H groups in total. The van der Waals surface area contributed by atoms with Gasteiger partial charge in [-0.1, -0.05) is 54.1 Å². The summed E-state index contributed by atoms with van der Waals surface area (Å²) >= 11 is 0. The van der Waals surface area contributed by atoms with Gasteiger partial charge in [-0.3, -0.25) is 0 Å². The SMILES string of the molecule is CCOc1cccc(CNCCc2ccc(OC)cc2)c1OCc1ccc(C)cc1.Cl. The number of hydrogen-bond acceptors (Lipinski definition) is 4. The highest BCUT2D eigenvalue weighted by Gasteiger charge is 2.11. The van der Waals surface area contributed by atoms with Gasteiger partial charge in [0.05, 0.1) is 13.7 Å². The predicted molar refractivity (Wildman–Crippen MR) is 129 cm³/mol. The summed E-state index contributed by atoms with van der Waals surface area (Å²) in [6.07, 6.45) is 0.953. The van der Waals surface area contributed by atoms with E-state index < -0.39 is 0 Å². The summed E-state index contributed by atoms with van der Waals surface area (Å²) in [5, 5.41) is 3.53. The molecule has 5 heteroatoms. The molecule has 0 unspecified atom stereocenters. The summed E-state index contributed by atoms with van der Waals surface area (Å²) in [7, 11) is 1.69. The third kappa shape index (κ3) is 7.50. The van der Waals surface area contributed by atoms with Crippen LogP contribution in [0, 0.1) is 6.92 Å². The molecule has 3 rings (SSSR count). The van der Waals surface area contributed by atoms with Gasteiger partial charge in [0.25, 0.3) is 0 Å². The Hall–Kier alpha value is -2.69. The second kappa shape index (κ2) is 12.9. The number of ether oxygens (including phenoxy) is 3. The average Bonchev–Trinajstić information content (AvgIpc) is 2.78. The van der Waals surface area contributed by atoms with E-state index in [-0.39, 0.29) is 12.4 Å². The molecule has 0 spiro atoms. The van der Waals surface area contributed by atoms with E-state index in [4.69, 9.17) is 14.2 Å². The molecule has 0 bridgehead atoms. The van der Waals surface area contributed by atoms with Crippen molar-refractivity contribution in [3.8, 4) is 17.2 Å². The maximum Gasteiger partial charge on any atom is 0.166 e. The summed E-state index contributed by atoms with van der Waals surface area (Å²) in [6, 6.07) is 22.7. The molecule has 31 heavy (non-hydrogen) atoms. The van der Waals surface area contributed by atoms with Crippen LogP contribution >= 0.6 is 12.4 Å². The molecule has 0 saturated heterocycles. The quantitative estimate of drug-likeness (QED) is 0.385. The van der Waals surface area contributed by atoms with Gasteiger partial charge in [0.15, 0.2) is 11.5 Å². The van der Waals surface area contributed by atoms with Gasteiger partial charge in [-0.2, -0.15) is 0 Å². The fraction of sp³-hybridized carbons (Fsp3) is 0.308. The number of methoxy groups -OCH3 is 1. The Bertz CT molecular complexity index is 911. The van der Waals surface area contributed by atoms with E-state index in [1.807, 2.05) is 31.2 Å². The van der Waals surface area contributed by atoms with Gasteiger partial charge in [0.1, 0.15) is 12.4 Å². The van der Waals surface area contributed by atoms with Gasteiger partial charge in [0, 0.05) is 12.1 Å². The molecule has 166 valence electrons. The van der Waals surface area contributed by atoms with Gasteiger partial charge in [-0.25, -0.2) is 0 Å². The lowest BCUT2D eigenvalue weighted by molar-refractivity contribution is 0.266. The van der Waals surface area contributed by atoms with Crippen LogP contribution < -0.4 is 19.5 Å². The number of para-hydroxylation sites is 1. The van der Waals surface area contributed by atoms with E-state index in [0.29, 0.717) is 13.2 Å². The molecule has 0 amide bonds. The highest BCUT2D eigenvalue weighted by atomic mass is 35.5. The Morgan fingerprint density at radius 1 is 0.839 bits per heavy atom. The van der Waals surface area contributed by atoms with Crippen molar-refractivity contribution >= 4 is 12.4 Å². The van der Waals surface area contributed by atoms with Crippen LogP contribution in [0.15, 0.2) is 66.7 Å². The molecule has 4 nitrogen and oxygen atoms in total. The van der Waals surface area contributed by atoms with Crippen LogP contribution in [0.4, 0.5) is 0 Å². The molecule has 0 aromatic heterocycles. The molecule has 0 aliphatic heterocycles. The van der Waals surface area contributed by atoms with Gasteiger partial charge < -0.3 is 19.5 Å². The standard InChI is InChI=1S/C26H31NO3.ClH/c1-4-29-25-7-5-6-23(26(25)30-19-22-10-8-20(2)9-11-22)18-27-17-16-21-12-14-24(28-3)15-13-21;/h5-15,27H,4,16-19H2,1-3H3;1H. The fourth-order valence-electron chi connectivity index (χ4n) is 3.22. The van der Waals surface area contributed by atoms with Gasteiger partial charge in [-0.05, 0) is 56.1 Å². The van der Waals surface area contributed by atoms with Crippen LogP contribution in [0.2, 0.25) is 0 Å². The average molecular weight is 442 g/mol. The number of nitrogens with one attached hydrogen (secondary N) is 1. The normalized spacial score (nSPS) is 10.3. The van der Waals surface area contributed by atoms with Crippen LogP contribution in [0.1, 0.15) is 29.2 Å². The van der Waals surface area contributed by atoms with Crippen molar-refractivity contribution in [1.82, 2.24) is 5.32 Å². The molecule has 3 aromatic rings. The maximum absolute atomic E-state index is 6.21. The first-order chi connectivity index (χ1) is 14.7. The number of benzene rings is 3. The topological polar surface area (TPSA) is 39.7 Å². The molecule has 0 radical (unpaired) electrons. The van der Waals surface area contributed by atoms with Crippen molar-refractivity contribution in [2.45, 2.75) is 33.4 Å². The van der Waals surface area contributed by atoms with E-state index in [9.17, 15) is 0 Å². The van der Waals surface area contributed by atoms with Crippen LogP contribution in [0.25, 0.3) is 0 Å². The molecule has 0 heterocycles. The Morgan fingerprint density at radius 2 is 1.55 bits per heavy atom. The summed E-state index contributed by atoms with van der Waals surface area (Å²) in [6.45, 7) is 6.80. The minimum absolute atomic E-state index is 0. The van der Waals surface area contributed by atoms with Gasteiger partial charge in [0.2, 0.25) is 0 Å². The van der Waals surface area contributed by atoms with E-state index >= 15 is 0 Å². The monoisotopic (exact) mass is 441 g/mol. The third-order valence-electron chi connectivity index (χ3n) is 4.93. The van der Waals surface area contributed by atoms with E-state index in [1.165, 1.54) is 11.1 Å². The molecule has 3 aromatic carbocycles. The Balaban J connectivity index is 0.00000341. The first kappa shape index (κ1) is 24.6. The zero-order valence-electron chi connectivity index (χ0n) is 18.5. The van der Waals surface area contributed by atoms with Crippen molar-refractivity contribution < 1.29 is 14.2 Å². The minimum Gasteiger partial charge on any atom is -0.497 e. The maximum atomic E-state index is 6.21. The van der Waals surface area contributed by atoms with Crippen molar-refractivity contribution in [2.24, 2.45) is 0 Å². The lowest BCUT2D eigenvalue weighted by atomic mass is 10.1. The Morgan fingerprint density at radius 3 is 2.23 bits per heavy atom. The fourth-order valence-corrected chi connectivity index (χ4v) is 3.22. The van der Waals surface area contributed by atoms with E-state index in [0.717, 1.165) is 47.9 Å². The molecular formula is C26H32ClNO3. The number of rotatable bonds is 11. The Kier molecular flexibility index (Phi) is 10.2. The summed E-state index contributed by atoms with van der Waals surface area (Å²) in [5.74, 6) is 2.49. The Labute approximate surface area is 192 Å². The minimum atomic E-state index is 0. The van der Waals surface area contributed by atoms with Crippen LogP contribution in [0.5, 0.6) is 17.2 Å². The highest BCUT2D eigenvalue weighted by Crippen LogP contribution is 2.32. The van der Waals surface area contributed by atoms with Crippen LogP contribution in [-0.4, -0.2) is 20.3 Å². The molecule has 0 saturated carbocycles. The third-order valence-corrected chi connectivity index (χ3v) is 4.93. The molecule has 0 fully saturated rings. The van der Waals surface area contributed by atoms with E-state index in [1.54, 1.807) is 7.11 Å². The van der Waals surface area contributed by atoms with Gasteiger partial charge >= 0.3 is 0 Å². The first-order valence-electron chi connectivity index (χ1n) is 10.5. The van der Waals surface area contributed by atoms with Crippen molar-refractivity contribution in [3.05, 3.63) is 89.0 Å².